The van der Waals surface area contributed by atoms with Gasteiger partial charge in [-0.15, -0.1) is 5.10 Å². The first kappa shape index (κ1) is 12.4. The highest BCUT2D eigenvalue weighted by Crippen LogP contribution is 2.21. The monoisotopic (exact) mass is 269 g/mol. The molecule has 2 aromatic heterocycles. The third-order valence-electron chi connectivity index (χ3n) is 2.47. The van der Waals surface area contributed by atoms with Gasteiger partial charge in [-0.05, 0) is 0 Å². The molecule has 0 atom stereocenters. The van der Waals surface area contributed by atoms with Gasteiger partial charge < -0.3 is 5.11 Å². The second-order valence-corrected chi connectivity index (χ2v) is 4.54. The van der Waals surface area contributed by atoms with Gasteiger partial charge >= 0.3 is 11.7 Å². The van der Waals surface area contributed by atoms with Crippen LogP contribution < -0.4 is 5.69 Å². The number of aromatic amines is 1. The summed E-state index contributed by atoms with van der Waals surface area (Å²) in [6, 6.07) is 0. The van der Waals surface area contributed by atoms with Crippen LogP contribution in [0.15, 0.2) is 16.1 Å². The van der Waals surface area contributed by atoms with Crippen LogP contribution in [-0.4, -0.2) is 35.6 Å². The third kappa shape index (κ3) is 2.16. The van der Waals surface area contributed by atoms with E-state index in [0.717, 1.165) is 0 Å². The summed E-state index contributed by atoms with van der Waals surface area (Å²) in [5.41, 5.74) is 0.425. The van der Waals surface area contributed by atoms with Crippen LogP contribution in [0.3, 0.4) is 0 Å². The van der Waals surface area contributed by atoms with Crippen molar-refractivity contribution in [1.82, 2.24) is 24.5 Å². The van der Waals surface area contributed by atoms with Gasteiger partial charge in [-0.1, -0.05) is 11.8 Å². The lowest BCUT2D eigenvalue weighted by atomic mass is 10.3. The second-order valence-electron chi connectivity index (χ2n) is 3.59. The molecule has 0 unspecified atom stereocenters. The normalized spacial score (nSPS) is 10.8. The van der Waals surface area contributed by atoms with Crippen molar-refractivity contribution < 1.29 is 9.90 Å². The number of aromatic nitrogens is 5. The van der Waals surface area contributed by atoms with Gasteiger partial charge in [-0.3, -0.25) is 9.25 Å². The Bertz CT molecular complexity index is 641. The summed E-state index contributed by atoms with van der Waals surface area (Å²) in [6.45, 7) is 0. The Hall–Kier alpha value is -2.03. The van der Waals surface area contributed by atoms with Crippen molar-refractivity contribution in [1.29, 1.82) is 0 Å². The number of nitrogens with one attached hydrogen (secondary N) is 1. The number of hydrogen-bond acceptors (Lipinski definition) is 5. The molecule has 0 aromatic carbocycles. The molecule has 0 aliphatic rings. The van der Waals surface area contributed by atoms with Gasteiger partial charge in [0.25, 0.3) is 0 Å². The molecule has 18 heavy (non-hydrogen) atoms. The van der Waals surface area contributed by atoms with Crippen molar-refractivity contribution in [3.8, 4) is 0 Å². The summed E-state index contributed by atoms with van der Waals surface area (Å²) in [7, 11) is 3.27. The number of rotatable bonds is 4. The molecule has 8 nitrogen and oxygen atoms in total. The highest BCUT2D eigenvalue weighted by atomic mass is 32.2. The summed E-state index contributed by atoms with van der Waals surface area (Å²) < 4.78 is 2.86. The molecule has 0 saturated carbocycles. The lowest BCUT2D eigenvalue weighted by Crippen LogP contribution is -2.13. The molecular formula is C9H11N5O3S. The Morgan fingerprint density at radius 3 is 2.83 bits per heavy atom. The molecule has 9 heteroatoms. The van der Waals surface area contributed by atoms with Crippen molar-refractivity contribution >= 4 is 17.7 Å². The summed E-state index contributed by atoms with van der Waals surface area (Å²) in [5, 5.41) is 19.5. The largest absolute Gasteiger partial charge is 0.478 e. The van der Waals surface area contributed by atoms with Crippen molar-refractivity contribution in [2.75, 3.05) is 0 Å². The van der Waals surface area contributed by atoms with E-state index in [1.165, 1.54) is 27.2 Å². The van der Waals surface area contributed by atoms with Crippen LogP contribution in [0.5, 0.6) is 0 Å². The minimum Gasteiger partial charge on any atom is -0.478 e. The van der Waals surface area contributed by atoms with E-state index in [1.807, 2.05) is 0 Å². The van der Waals surface area contributed by atoms with Crippen LogP contribution in [0.4, 0.5) is 0 Å². The molecule has 96 valence electrons. The van der Waals surface area contributed by atoms with Gasteiger partial charge in [-0.25, -0.2) is 14.7 Å². The van der Waals surface area contributed by atoms with Crippen molar-refractivity contribution in [3.63, 3.8) is 0 Å². The molecule has 0 aliphatic heterocycles. The summed E-state index contributed by atoms with van der Waals surface area (Å²) in [5.74, 6) is -0.648. The molecule has 0 radical (unpaired) electrons. The maximum atomic E-state index is 11.2. The van der Waals surface area contributed by atoms with Crippen molar-refractivity contribution in [3.05, 3.63) is 27.9 Å². The maximum Gasteiger partial charge on any atom is 0.343 e. The first-order valence-corrected chi connectivity index (χ1v) is 5.97. The number of nitrogens with zero attached hydrogens (tertiary/aromatic N) is 4. The standard InChI is InChI=1S/C9H11N5O3S/c1-13-8(17)11-12-9(13)18-4-6-5(7(15)16)3-10-14(6)2/h3H,4H2,1-2H3,(H,11,17)(H,15,16). The number of H-pyrrole nitrogens is 1. The Balaban J connectivity index is 2.20. The Kier molecular flexibility index (Phi) is 3.24. The summed E-state index contributed by atoms with van der Waals surface area (Å²) >= 11 is 1.27. The van der Waals surface area contributed by atoms with E-state index in [9.17, 15) is 9.59 Å². The van der Waals surface area contributed by atoms with Crippen LogP contribution in [0.1, 0.15) is 16.1 Å². The average molecular weight is 269 g/mol. The van der Waals surface area contributed by atoms with Gasteiger partial charge in [0, 0.05) is 19.8 Å². The van der Waals surface area contributed by atoms with Gasteiger partial charge in [0.05, 0.1) is 11.9 Å². The second kappa shape index (κ2) is 4.69. The van der Waals surface area contributed by atoms with Crippen molar-refractivity contribution in [2.24, 2.45) is 14.1 Å². The summed E-state index contributed by atoms with van der Waals surface area (Å²) in [6.07, 6.45) is 1.31. The fourth-order valence-electron chi connectivity index (χ4n) is 1.41. The van der Waals surface area contributed by atoms with Crippen LogP contribution in [0, 0.1) is 0 Å². The zero-order valence-corrected chi connectivity index (χ0v) is 10.6. The van der Waals surface area contributed by atoms with Gasteiger partial charge in [0.1, 0.15) is 5.56 Å². The zero-order chi connectivity index (χ0) is 13.3. The molecule has 2 aromatic rings. The maximum absolute atomic E-state index is 11.2. The quantitative estimate of drug-likeness (QED) is 0.747. The molecule has 2 rings (SSSR count). The smallest absolute Gasteiger partial charge is 0.343 e. The first-order valence-electron chi connectivity index (χ1n) is 4.99. The molecule has 0 spiro atoms. The summed E-state index contributed by atoms with van der Waals surface area (Å²) in [4.78, 5) is 22.1. The Morgan fingerprint density at radius 2 is 2.28 bits per heavy atom. The highest BCUT2D eigenvalue weighted by molar-refractivity contribution is 7.98. The lowest BCUT2D eigenvalue weighted by Gasteiger charge is -2.03. The number of hydrogen-bond donors (Lipinski definition) is 2. The Labute approximate surface area is 106 Å². The van der Waals surface area contributed by atoms with E-state index in [0.29, 0.717) is 16.6 Å². The number of carboxylic acids is 1. The van der Waals surface area contributed by atoms with E-state index >= 15 is 0 Å². The molecule has 0 saturated heterocycles. The first-order chi connectivity index (χ1) is 8.50. The van der Waals surface area contributed by atoms with Crippen LogP contribution in [-0.2, 0) is 19.8 Å². The van der Waals surface area contributed by atoms with Gasteiger partial charge in [0.15, 0.2) is 5.16 Å². The average Bonchev–Trinajstić information content (AvgIpc) is 2.83. The van der Waals surface area contributed by atoms with Gasteiger partial charge in [-0.2, -0.15) is 5.10 Å². The predicted octanol–water partition coefficient (Wildman–Crippen LogP) is -0.168. The van der Waals surface area contributed by atoms with Crippen LogP contribution >= 0.6 is 11.8 Å². The van der Waals surface area contributed by atoms with Crippen LogP contribution in [0.25, 0.3) is 0 Å². The highest BCUT2D eigenvalue weighted by Gasteiger charge is 2.16. The van der Waals surface area contributed by atoms with E-state index in [4.69, 9.17) is 5.11 Å². The van der Waals surface area contributed by atoms with Crippen LogP contribution in [0.2, 0.25) is 0 Å². The number of carboxylic acid groups (broad SMARTS) is 1. The lowest BCUT2D eigenvalue weighted by molar-refractivity contribution is 0.0696. The number of aromatic carboxylic acids is 1. The molecule has 2 heterocycles. The molecular weight excluding hydrogens is 258 g/mol. The van der Waals surface area contributed by atoms with E-state index in [1.54, 1.807) is 14.1 Å². The molecule has 0 amide bonds. The molecule has 2 N–H and O–H groups in total. The fourth-order valence-corrected chi connectivity index (χ4v) is 2.40. The zero-order valence-electron chi connectivity index (χ0n) is 9.75. The third-order valence-corrected chi connectivity index (χ3v) is 3.51. The molecule has 0 fully saturated rings. The van der Waals surface area contributed by atoms with Crippen molar-refractivity contribution in [2.45, 2.75) is 10.9 Å². The number of thioether (sulfide) groups is 1. The molecule has 0 bridgehead atoms. The topological polar surface area (TPSA) is 106 Å². The minimum absolute atomic E-state index is 0.158. The minimum atomic E-state index is -1.02. The fraction of sp³-hybridized carbons (Fsp3) is 0.333. The Morgan fingerprint density at radius 1 is 1.56 bits per heavy atom. The number of aryl methyl sites for hydroxylation is 1. The van der Waals surface area contributed by atoms with E-state index < -0.39 is 5.97 Å². The van der Waals surface area contributed by atoms with Gasteiger partial charge in [0.2, 0.25) is 0 Å². The van der Waals surface area contributed by atoms with E-state index in [-0.39, 0.29) is 11.3 Å². The molecule has 0 aliphatic carbocycles. The SMILES string of the molecule is Cn1ncc(C(=O)O)c1CSc1n[nH]c(=O)n1C. The number of carbonyl (C=O) groups is 1. The predicted molar refractivity (Wildman–Crippen MR) is 63.6 cm³/mol. The van der Waals surface area contributed by atoms with E-state index in [2.05, 4.69) is 15.3 Å².